The zero-order chi connectivity index (χ0) is 13.1. The average Bonchev–Trinajstić information content (AvgIpc) is 2.50. The largest absolute Gasteiger partial charge is 0.366 e. The third-order valence-corrected chi connectivity index (χ3v) is 3.62. The first-order valence-electron chi connectivity index (χ1n) is 6.74. The van der Waals surface area contributed by atoms with Gasteiger partial charge in [0.15, 0.2) is 0 Å². The Labute approximate surface area is 110 Å². The summed E-state index contributed by atoms with van der Waals surface area (Å²) in [5.41, 5.74) is 8.00. The lowest BCUT2D eigenvalue weighted by Gasteiger charge is -2.30. The third-order valence-electron chi connectivity index (χ3n) is 3.62. The minimum Gasteiger partial charge on any atom is -0.366 e. The van der Waals surface area contributed by atoms with Crippen molar-refractivity contribution in [3.8, 4) is 0 Å². The molecule has 0 radical (unpaired) electrons. The highest BCUT2D eigenvalue weighted by atomic mass is 15.2. The monoisotopic (exact) mass is 248 g/mol. The molecule has 18 heavy (non-hydrogen) atoms. The van der Waals surface area contributed by atoms with Gasteiger partial charge in [0.05, 0.1) is 17.6 Å². The van der Waals surface area contributed by atoms with Gasteiger partial charge in [-0.05, 0) is 46.0 Å². The summed E-state index contributed by atoms with van der Waals surface area (Å²) in [4.78, 5) is 9.30. The highest BCUT2D eigenvalue weighted by Gasteiger charge is 2.20. The molecule has 4 heteroatoms. The molecule has 2 atom stereocenters. The maximum absolute atomic E-state index is 5.83. The molecular formula is C14H24N4. The van der Waals surface area contributed by atoms with Crippen LogP contribution in [0.25, 0.3) is 0 Å². The molecule has 0 aromatic carbocycles. The fraction of sp³-hybridized carbons (Fsp3) is 0.643. The smallest absolute Gasteiger partial charge is 0.0569 e. The van der Waals surface area contributed by atoms with Crippen molar-refractivity contribution in [3.05, 3.63) is 24.0 Å². The first-order valence-corrected chi connectivity index (χ1v) is 6.74. The van der Waals surface area contributed by atoms with Gasteiger partial charge in [0.2, 0.25) is 0 Å². The van der Waals surface area contributed by atoms with E-state index in [-0.39, 0.29) is 6.04 Å². The molecule has 2 heterocycles. The molecule has 1 fully saturated rings. The molecule has 1 unspecified atom stereocenters. The Morgan fingerprint density at radius 1 is 1.39 bits per heavy atom. The molecule has 0 aliphatic carbocycles. The minimum absolute atomic E-state index is 0.00624. The van der Waals surface area contributed by atoms with Crippen molar-refractivity contribution in [2.24, 2.45) is 5.73 Å². The number of nitrogens with zero attached hydrogens (tertiary/aromatic N) is 3. The van der Waals surface area contributed by atoms with Crippen LogP contribution in [0.4, 0.5) is 5.69 Å². The average molecular weight is 248 g/mol. The number of likely N-dealkylation sites (N-methyl/N-ethyl adjacent to an activating group) is 1. The van der Waals surface area contributed by atoms with E-state index in [1.165, 1.54) is 18.7 Å². The summed E-state index contributed by atoms with van der Waals surface area (Å²) in [5, 5.41) is 0. The Morgan fingerprint density at radius 2 is 2.17 bits per heavy atom. The van der Waals surface area contributed by atoms with E-state index in [2.05, 4.69) is 34.8 Å². The molecule has 100 valence electrons. The topological polar surface area (TPSA) is 45.4 Å². The molecular weight excluding hydrogens is 224 g/mol. The van der Waals surface area contributed by atoms with Crippen LogP contribution in [0.15, 0.2) is 18.3 Å². The van der Waals surface area contributed by atoms with E-state index in [4.69, 9.17) is 5.73 Å². The molecule has 4 nitrogen and oxygen atoms in total. The lowest BCUT2D eigenvalue weighted by atomic mass is 10.2. The summed E-state index contributed by atoms with van der Waals surface area (Å²) in [5.74, 6) is 0. The predicted molar refractivity (Wildman–Crippen MR) is 75.8 cm³/mol. The molecule has 0 bridgehead atoms. The quantitative estimate of drug-likeness (QED) is 0.864. The van der Waals surface area contributed by atoms with Gasteiger partial charge in [-0.1, -0.05) is 0 Å². The number of hydrogen-bond acceptors (Lipinski definition) is 4. The van der Waals surface area contributed by atoms with Crippen LogP contribution in [0.2, 0.25) is 0 Å². The van der Waals surface area contributed by atoms with Crippen molar-refractivity contribution in [1.82, 2.24) is 9.88 Å². The van der Waals surface area contributed by atoms with Crippen LogP contribution in [0.5, 0.6) is 0 Å². The molecule has 1 saturated heterocycles. The van der Waals surface area contributed by atoms with Crippen molar-refractivity contribution in [2.75, 3.05) is 31.6 Å². The van der Waals surface area contributed by atoms with Crippen LogP contribution in [0, 0.1) is 0 Å². The van der Waals surface area contributed by atoms with E-state index >= 15 is 0 Å². The molecule has 0 spiro atoms. The number of aromatic nitrogens is 1. The van der Waals surface area contributed by atoms with Crippen molar-refractivity contribution in [3.63, 3.8) is 0 Å². The second-order valence-electron chi connectivity index (χ2n) is 5.39. The molecule has 2 N–H and O–H groups in total. The van der Waals surface area contributed by atoms with Crippen molar-refractivity contribution >= 4 is 5.69 Å². The summed E-state index contributed by atoms with van der Waals surface area (Å²) < 4.78 is 0. The van der Waals surface area contributed by atoms with E-state index in [1.54, 1.807) is 0 Å². The van der Waals surface area contributed by atoms with Gasteiger partial charge < -0.3 is 15.5 Å². The maximum Gasteiger partial charge on any atom is 0.0569 e. The fourth-order valence-corrected chi connectivity index (χ4v) is 2.59. The fourth-order valence-electron chi connectivity index (χ4n) is 2.59. The Morgan fingerprint density at radius 3 is 2.78 bits per heavy atom. The molecule has 1 aromatic heterocycles. The van der Waals surface area contributed by atoms with E-state index in [9.17, 15) is 0 Å². The molecule has 2 rings (SSSR count). The normalized spacial score (nSPS) is 23.8. The van der Waals surface area contributed by atoms with Crippen LogP contribution in [-0.4, -0.2) is 42.6 Å². The van der Waals surface area contributed by atoms with Gasteiger partial charge in [-0.3, -0.25) is 4.98 Å². The number of hydrogen-bond donors (Lipinski definition) is 1. The van der Waals surface area contributed by atoms with Crippen LogP contribution in [0.1, 0.15) is 32.0 Å². The molecule has 1 aromatic rings. The summed E-state index contributed by atoms with van der Waals surface area (Å²) in [6, 6.07) is 4.72. The van der Waals surface area contributed by atoms with Gasteiger partial charge in [-0.2, -0.15) is 0 Å². The summed E-state index contributed by atoms with van der Waals surface area (Å²) >= 11 is 0. The van der Waals surface area contributed by atoms with Gasteiger partial charge in [0, 0.05) is 25.2 Å². The van der Waals surface area contributed by atoms with Crippen molar-refractivity contribution in [2.45, 2.75) is 32.4 Å². The highest BCUT2D eigenvalue weighted by molar-refractivity contribution is 5.46. The summed E-state index contributed by atoms with van der Waals surface area (Å²) in [6.07, 6.45) is 3.16. The second-order valence-corrected chi connectivity index (χ2v) is 5.39. The number of pyridine rings is 1. The van der Waals surface area contributed by atoms with E-state index in [1.807, 2.05) is 19.2 Å². The zero-order valence-corrected chi connectivity index (χ0v) is 11.6. The SMILES string of the molecule is CC1CN(C)CCCN1c1ccc([C@H](C)N)nc1. The minimum atomic E-state index is 0.00624. The summed E-state index contributed by atoms with van der Waals surface area (Å²) in [7, 11) is 2.19. The highest BCUT2D eigenvalue weighted by Crippen LogP contribution is 2.20. The number of rotatable bonds is 2. The lowest BCUT2D eigenvalue weighted by Crippen LogP contribution is -2.38. The van der Waals surface area contributed by atoms with Gasteiger partial charge in [0.25, 0.3) is 0 Å². The maximum atomic E-state index is 5.83. The van der Waals surface area contributed by atoms with Crippen molar-refractivity contribution in [1.29, 1.82) is 0 Å². The molecule has 0 amide bonds. The van der Waals surface area contributed by atoms with Crippen molar-refractivity contribution < 1.29 is 0 Å². The van der Waals surface area contributed by atoms with Crippen LogP contribution in [-0.2, 0) is 0 Å². The Kier molecular flexibility index (Phi) is 4.19. The zero-order valence-electron chi connectivity index (χ0n) is 11.6. The molecule has 0 saturated carbocycles. The van der Waals surface area contributed by atoms with Gasteiger partial charge >= 0.3 is 0 Å². The Hall–Kier alpha value is -1.13. The Bertz CT molecular complexity index is 374. The van der Waals surface area contributed by atoms with Crippen LogP contribution < -0.4 is 10.6 Å². The van der Waals surface area contributed by atoms with Gasteiger partial charge in [0.1, 0.15) is 0 Å². The lowest BCUT2D eigenvalue weighted by molar-refractivity contribution is 0.337. The van der Waals surface area contributed by atoms with Gasteiger partial charge in [-0.25, -0.2) is 0 Å². The van der Waals surface area contributed by atoms with Crippen LogP contribution in [0.3, 0.4) is 0 Å². The molecule has 1 aliphatic rings. The van der Waals surface area contributed by atoms with Gasteiger partial charge in [-0.15, -0.1) is 0 Å². The first kappa shape index (κ1) is 13.3. The Balaban J connectivity index is 2.14. The molecule has 1 aliphatic heterocycles. The first-order chi connectivity index (χ1) is 8.58. The van der Waals surface area contributed by atoms with Crippen LogP contribution >= 0.6 is 0 Å². The third kappa shape index (κ3) is 3.00. The standard InChI is InChI=1S/C14H24N4/c1-11-10-17(3)7-4-8-18(11)13-5-6-14(12(2)15)16-9-13/h5-6,9,11-12H,4,7-8,10,15H2,1-3H3/t11?,12-/m0/s1. The van der Waals surface area contributed by atoms with E-state index in [0.29, 0.717) is 6.04 Å². The second kappa shape index (κ2) is 5.67. The summed E-state index contributed by atoms with van der Waals surface area (Å²) in [6.45, 7) is 7.62. The predicted octanol–water partition coefficient (Wildman–Crippen LogP) is 1.63. The van der Waals surface area contributed by atoms with E-state index in [0.717, 1.165) is 18.8 Å². The number of anilines is 1. The number of nitrogens with two attached hydrogens (primary N) is 1. The van der Waals surface area contributed by atoms with E-state index < -0.39 is 0 Å².